The Kier molecular flexibility index (Phi) is 2.64. The smallest absolute Gasteiger partial charge is 0.283 e. The van der Waals surface area contributed by atoms with Crippen LogP contribution in [0.1, 0.15) is 5.89 Å². The molecule has 1 heterocycles. The molecular formula is C4H4ClNO5S2. The second-order valence-corrected chi connectivity index (χ2v) is 5.44. The summed E-state index contributed by atoms with van der Waals surface area (Å²) in [6.45, 7) is 1.31. The molecule has 0 N–H and O–H groups in total. The molecule has 1 rings (SSSR count). The Morgan fingerprint density at radius 3 is 2.31 bits per heavy atom. The summed E-state index contributed by atoms with van der Waals surface area (Å²) in [6.07, 6.45) is 0. The number of thiol groups is 1. The summed E-state index contributed by atoms with van der Waals surface area (Å²) in [5.41, 5.74) is 0. The van der Waals surface area contributed by atoms with E-state index in [2.05, 4.69) is 9.40 Å². The van der Waals surface area contributed by atoms with E-state index in [-0.39, 0.29) is 5.89 Å². The van der Waals surface area contributed by atoms with Crippen molar-refractivity contribution in [2.45, 2.75) is 17.0 Å². The minimum absolute atomic E-state index is 0.0755. The van der Waals surface area contributed by atoms with Gasteiger partial charge in [0.1, 0.15) is 0 Å². The van der Waals surface area contributed by atoms with Crippen LogP contribution in [0, 0.1) is 6.92 Å². The van der Waals surface area contributed by atoms with Gasteiger partial charge in [0, 0.05) is 17.6 Å². The summed E-state index contributed by atoms with van der Waals surface area (Å²) in [5, 5.41) is -1.50. The first-order valence-electron chi connectivity index (χ1n) is 2.89. The Morgan fingerprint density at radius 2 is 2.00 bits per heavy atom. The molecule has 0 aliphatic carbocycles. The molecule has 0 amide bonds. The Labute approximate surface area is 79.9 Å². The average Bonchev–Trinajstić information content (AvgIpc) is 2.29. The molecule has 0 unspecified atom stereocenters. The predicted molar refractivity (Wildman–Crippen MR) is 42.9 cm³/mol. The lowest BCUT2D eigenvalue weighted by atomic mass is 10.8. The summed E-state index contributed by atoms with van der Waals surface area (Å²) in [4.78, 5) is 3.33. The van der Waals surface area contributed by atoms with Crippen molar-refractivity contribution in [3.63, 3.8) is 0 Å². The zero-order valence-electron chi connectivity index (χ0n) is 6.22. The molecule has 0 fully saturated rings. The third-order valence-corrected chi connectivity index (χ3v) is 3.05. The third-order valence-electron chi connectivity index (χ3n) is 1.08. The fourth-order valence-corrected chi connectivity index (χ4v) is 2.63. The lowest BCUT2D eigenvalue weighted by Gasteiger charge is -1.86. The molecule has 0 spiro atoms. The van der Waals surface area contributed by atoms with E-state index in [1.165, 1.54) is 6.92 Å². The molecule has 13 heavy (non-hydrogen) atoms. The average molecular weight is 246 g/mol. The molecule has 1 aromatic heterocycles. The van der Waals surface area contributed by atoms with E-state index < -0.39 is 29.9 Å². The number of hydrogen-bond acceptors (Lipinski definition) is 6. The van der Waals surface area contributed by atoms with Gasteiger partial charge in [0.2, 0.25) is 15.7 Å². The van der Waals surface area contributed by atoms with Crippen molar-refractivity contribution in [1.82, 2.24) is 4.98 Å². The van der Waals surface area contributed by atoms with E-state index in [0.717, 1.165) is 0 Å². The first-order chi connectivity index (χ1) is 5.82. The molecule has 0 aliphatic rings. The molecule has 1 aromatic rings. The second-order valence-electron chi connectivity index (χ2n) is 2.04. The van der Waals surface area contributed by atoms with Crippen molar-refractivity contribution in [3.8, 4) is 0 Å². The van der Waals surface area contributed by atoms with Gasteiger partial charge < -0.3 is 4.42 Å². The second kappa shape index (κ2) is 3.28. The number of rotatable bonds is 2. The zero-order chi connectivity index (χ0) is 10.2. The van der Waals surface area contributed by atoms with E-state index in [4.69, 9.17) is 10.7 Å². The highest BCUT2D eigenvalue weighted by atomic mass is 35.7. The quantitative estimate of drug-likeness (QED) is 0.577. The van der Waals surface area contributed by atoms with Crippen molar-refractivity contribution >= 4 is 30.4 Å². The minimum atomic E-state index is -4.17. The highest BCUT2D eigenvalue weighted by Crippen LogP contribution is 2.20. The molecule has 6 nitrogen and oxygen atoms in total. The SMILES string of the molecule is Cc1nc(S(=O)(=O)Cl)c([SH](=O)=O)o1. The van der Waals surface area contributed by atoms with Crippen molar-refractivity contribution < 1.29 is 21.3 Å². The summed E-state index contributed by atoms with van der Waals surface area (Å²) < 4.78 is 46.9. The van der Waals surface area contributed by atoms with Crippen LogP contribution in [0.2, 0.25) is 0 Å². The third kappa shape index (κ3) is 2.20. The van der Waals surface area contributed by atoms with Gasteiger partial charge in [0.05, 0.1) is 0 Å². The first kappa shape index (κ1) is 10.5. The largest absolute Gasteiger partial charge is 0.428 e. The number of halogens is 1. The molecule has 0 saturated carbocycles. The zero-order valence-corrected chi connectivity index (χ0v) is 8.69. The summed E-state index contributed by atoms with van der Waals surface area (Å²) in [6, 6.07) is 0. The molecular weight excluding hydrogens is 242 g/mol. The maximum atomic E-state index is 10.7. The monoisotopic (exact) mass is 245 g/mol. The predicted octanol–water partition coefficient (Wildman–Crippen LogP) is -0.119. The molecule has 0 aliphatic heterocycles. The van der Waals surface area contributed by atoms with Crippen LogP contribution in [0.5, 0.6) is 0 Å². The van der Waals surface area contributed by atoms with Crippen molar-refractivity contribution in [2.75, 3.05) is 0 Å². The molecule has 74 valence electrons. The van der Waals surface area contributed by atoms with Crippen LogP contribution in [-0.2, 0) is 19.8 Å². The van der Waals surface area contributed by atoms with Gasteiger partial charge in [-0.2, -0.15) is 4.98 Å². The Morgan fingerprint density at radius 1 is 1.46 bits per heavy atom. The maximum absolute atomic E-state index is 10.7. The van der Waals surface area contributed by atoms with Gasteiger partial charge in [-0.05, 0) is 0 Å². The van der Waals surface area contributed by atoms with Gasteiger partial charge in [0.15, 0.2) is 5.89 Å². The van der Waals surface area contributed by atoms with E-state index in [1.807, 2.05) is 0 Å². The van der Waals surface area contributed by atoms with Gasteiger partial charge in [-0.25, -0.2) is 16.8 Å². The van der Waals surface area contributed by atoms with Gasteiger partial charge >= 0.3 is 0 Å². The van der Waals surface area contributed by atoms with Crippen LogP contribution in [0.4, 0.5) is 0 Å². The number of oxazole rings is 1. The van der Waals surface area contributed by atoms with Crippen LogP contribution < -0.4 is 0 Å². The van der Waals surface area contributed by atoms with Crippen LogP contribution in [-0.4, -0.2) is 21.8 Å². The van der Waals surface area contributed by atoms with Gasteiger partial charge in [-0.15, -0.1) is 0 Å². The number of hydrogen-bond donors (Lipinski definition) is 1. The van der Waals surface area contributed by atoms with Crippen molar-refractivity contribution in [3.05, 3.63) is 5.89 Å². The maximum Gasteiger partial charge on any atom is 0.283 e. The number of nitrogens with zero attached hydrogens (tertiary/aromatic N) is 1. The molecule has 0 bridgehead atoms. The van der Waals surface area contributed by atoms with Crippen molar-refractivity contribution in [2.24, 2.45) is 0 Å². The van der Waals surface area contributed by atoms with Crippen molar-refractivity contribution in [1.29, 1.82) is 0 Å². The molecule has 0 radical (unpaired) electrons. The van der Waals surface area contributed by atoms with Gasteiger partial charge in [-0.1, -0.05) is 0 Å². The summed E-state index contributed by atoms with van der Waals surface area (Å²) in [7, 11) is -2.42. The van der Waals surface area contributed by atoms with Crippen LogP contribution >= 0.6 is 10.7 Å². The Hall–Kier alpha value is -0.600. The van der Waals surface area contributed by atoms with Gasteiger partial charge in [-0.3, -0.25) is 0 Å². The fraction of sp³-hybridized carbons (Fsp3) is 0.250. The summed E-state index contributed by atoms with van der Waals surface area (Å²) >= 11 is 0. The lowest BCUT2D eigenvalue weighted by molar-refractivity contribution is 0.420. The van der Waals surface area contributed by atoms with E-state index in [9.17, 15) is 16.8 Å². The van der Waals surface area contributed by atoms with E-state index in [1.54, 1.807) is 0 Å². The highest BCUT2D eigenvalue weighted by Gasteiger charge is 2.24. The standard InChI is InChI=1S/C4H4ClNO5S2/c1-2-6-3(13(5,9)10)4(11-2)12(7)8/h12H,1H3. The molecule has 0 saturated heterocycles. The van der Waals surface area contributed by atoms with E-state index in [0.29, 0.717) is 0 Å². The fourth-order valence-electron chi connectivity index (χ4n) is 0.671. The normalized spacial score (nSPS) is 12.2. The minimum Gasteiger partial charge on any atom is -0.428 e. The van der Waals surface area contributed by atoms with E-state index >= 15 is 0 Å². The molecule has 0 aromatic carbocycles. The Balaban J connectivity index is 3.55. The first-order valence-corrected chi connectivity index (χ1v) is 6.37. The topological polar surface area (TPSA) is 94.3 Å². The number of aryl methyl sites for hydroxylation is 1. The molecule has 0 atom stereocenters. The van der Waals surface area contributed by atoms with Crippen LogP contribution in [0.15, 0.2) is 14.5 Å². The Bertz CT molecular complexity index is 491. The number of aromatic nitrogens is 1. The highest BCUT2D eigenvalue weighted by molar-refractivity contribution is 8.13. The molecule has 9 heteroatoms. The van der Waals surface area contributed by atoms with Gasteiger partial charge in [0.25, 0.3) is 14.1 Å². The lowest BCUT2D eigenvalue weighted by Crippen LogP contribution is -1.94. The van der Waals surface area contributed by atoms with Crippen LogP contribution in [0.3, 0.4) is 0 Å². The summed E-state index contributed by atoms with van der Waals surface area (Å²) in [5.74, 6) is -0.0755. The van der Waals surface area contributed by atoms with Crippen LogP contribution in [0.25, 0.3) is 0 Å².